The molecule has 0 saturated heterocycles. The molecular formula is C7H8BBrO. The quantitative estimate of drug-likeness (QED) is 0.605. The Bertz CT molecular complexity index is 217. The third-order valence-corrected chi connectivity index (χ3v) is 1.71. The van der Waals surface area contributed by atoms with Gasteiger partial charge in [-0.15, -0.1) is 0 Å². The minimum Gasteiger partial charge on any atom is -0.497 e. The van der Waals surface area contributed by atoms with Crippen molar-refractivity contribution in [1.82, 2.24) is 0 Å². The first-order chi connectivity index (χ1) is 4.72. The lowest BCUT2D eigenvalue weighted by atomic mass is 9.96. The Morgan fingerprint density at radius 2 is 2.10 bits per heavy atom. The summed E-state index contributed by atoms with van der Waals surface area (Å²) in [4.78, 5) is 0. The Balaban J connectivity index is 3.06. The first-order valence-corrected chi connectivity index (χ1v) is 3.83. The molecule has 52 valence electrons. The van der Waals surface area contributed by atoms with E-state index in [4.69, 9.17) is 4.74 Å². The predicted octanol–water partition coefficient (Wildman–Crippen LogP) is 0.716. The lowest BCUT2D eigenvalue weighted by Crippen LogP contribution is -2.01. The van der Waals surface area contributed by atoms with E-state index in [0.717, 1.165) is 10.2 Å². The van der Waals surface area contributed by atoms with E-state index in [2.05, 4.69) is 15.9 Å². The van der Waals surface area contributed by atoms with Gasteiger partial charge in [-0.3, -0.25) is 0 Å². The molecule has 1 nitrogen and oxygen atoms in total. The molecule has 0 radical (unpaired) electrons. The zero-order valence-corrected chi connectivity index (χ0v) is 7.60. The number of benzene rings is 1. The van der Waals surface area contributed by atoms with Crippen molar-refractivity contribution in [3.63, 3.8) is 0 Å². The molecule has 0 N–H and O–H groups in total. The van der Waals surface area contributed by atoms with Crippen LogP contribution in [0.15, 0.2) is 22.7 Å². The topological polar surface area (TPSA) is 9.23 Å². The van der Waals surface area contributed by atoms with Crippen molar-refractivity contribution in [2.75, 3.05) is 7.11 Å². The average molecular weight is 199 g/mol. The van der Waals surface area contributed by atoms with Gasteiger partial charge in [-0.2, -0.15) is 0 Å². The van der Waals surface area contributed by atoms with Crippen LogP contribution in [0.3, 0.4) is 0 Å². The molecule has 0 unspecified atom stereocenters. The van der Waals surface area contributed by atoms with E-state index >= 15 is 0 Å². The molecule has 0 aliphatic rings. The highest BCUT2D eigenvalue weighted by atomic mass is 79.9. The summed E-state index contributed by atoms with van der Waals surface area (Å²) >= 11 is 3.37. The van der Waals surface area contributed by atoms with Crippen molar-refractivity contribution in [2.45, 2.75) is 0 Å². The normalized spacial score (nSPS) is 9.40. The van der Waals surface area contributed by atoms with E-state index in [-0.39, 0.29) is 0 Å². The van der Waals surface area contributed by atoms with Crippen LogP contribution < -0.4 is 10.2 Å². The van der Waals surface area contributed by atoms with Crippen molar-refractivity contribution in [3.05, 3.63) is 22.7 Å². The highest BCUT2D eigenvalue weighted by molar-refractivity contribution is 9.10. The fourth-order valence-corrected chi connectivity index (χ4v) is 1.41. The number of hydrogen-bond acceptors (Lipinski definition) is 1. The smallest absolute Gasteiger partial charge is 0.139 e. The number of rotatable bonds is 1. The molecule has 0 aromatic heterocycles. The first-order valence-electron chi connectivity index (χ1n) is 3.03. The zero-order chi connectivity index (χ0) is 7.56. The van der Waals surface area contributed by atoms with Crippen LogP contribution >= 0.6 is 15.9 Å². The van der Waals surface area contributed by atoms with Crippen molar-refractivity contribution >= 4 is 29.2 Å². The Kier molecular flexibility index (Phi) is 2.38. The molecule has 0 fully saturated rings. The van der Waals surface area contributed by atoms with Gasteiger partial charge in [0.1, 0.15) is 13.6 Å². The van der Waals surface area contributed by atoms with Gasteiger partial charge in [-0.1, -0.05) is 27.5 Å². The fourth-order valence-electron chi connectivity index (χ4n) is 0.821. The van der Waals surface area contributed by atoms with Crippen LogP contribution in [0.25, 0.3) is 0 Å². The molecule has 1 aromatic rings. The molecule has 0 amide bonds. The highest BCUT2D eigenvalue weighted by Gasteiger charge is 1.93. The third-order valence-electron chi connectivity index (χ3n) is 1.25. The van der Waals surface area contributed by atoms with Crippen LogP contribution in [0, 0.1) is 0 Å². The van der Waals surface area contributed by atoms with Gasteiger partial charge in [0.25, 0.3) is 0 Å². The van der Waals surface area contributed by atoms with Gasteiger partial charge < -0.3 is 4.74 Å². The van der Waals surface area contributed by atoms with Crippen LogP contribution in [0.1, 0.15) is 0 Å². The molecule has 1 aromatic carbocycles. The maximum Gasteiger partial charge on any atom is 0.139 e. The first kappa shape index (κ1) is 7.67. The lowest BCUT2D eigenvalue weighted by Gasteiger charge is -2.00. The van der Waals surface area contributed by atoms with Gasteiger partial charge in [0.05, 0.1) is 7.11 Å². The molecular weight excluding hydrogens is 191 g/mol. The lowest BCUT2D eigenvalue weighted by molar-refractivity contribution is 0.415. The second kappa shape index (κ2) is 3.10. The van der Waals surface area contributed by atoms with Gasteiger partial charge >= 0.3 is 0 Å². The highest BCUT2D eigenvalue weighted by Crippen LogP contribution is 2.15. The minimum atomic E-state index is 0.895. The molecule has 10 heavy (non-hydrogen) atoms. The zero-order valence-electron chi connectivity index (χ0n) is 6.02. The maximum absolute atomic E-state index is 5.05. The summed E-state index contributed by atoms with van der Waals surface area (Å²) < 4.78 is 6.11. The van der Waals surface area contributed by atoms with Crippen LogP contribution in [-0.4, -0.2) is 15.0 Å². The van der Waals surface area contributed by atoms with Gasteiger partial charge in [0, 0.05) is 4.47 Å². The average Bonchev–Trinajstić information content (AvgIpc) is 1.85. The molecule has 0 aliphatic carbocycles. The monoisotopic (exact) mass is 198 g/mol. The van der Waals surface area contributed by atoms with E-state index in [1.807, 2.05) is 26.0 Å². The van der Waals surface area contributed by atoms with Crippen molar-refractivity contribution in [2.24, 2.45) is 0 Å². The van der Waals surface area contributed by atoms with Crippen LogP contribution in [0.2, 0.25) is 0 Å². The number of hydrogen-bond donors (Lipinski definition) is 0. The molecule has 0 heterocycles. The third kappa shape index (κ3) is 1.77. The van der Waals surface area contributed by atoms with Gasteiger partial charge in [0.2, 0.25) is 0 Å². The Hall–Kier alpha value is -0.435. The molecule has 1 rings (SSSR count). The summed E-state index contributed by atoms with van der Waals surface area (Å²) in [5.41, 5.74) is 1.20. The summed E-state index contributed by atoms with van der Waals surface area (Å²) in [5, 5.41) is 0. The molecule has 0 bridgehead atoms. The largest absolute Gasteiger partial charge is 0.497 e. The Morgan fingerprint density at radius 1 is 1.40 bits per heavy atom. The standard InChI is InChI=1S/C7H8BBrO/c1-10-7-3-5(8)2-6(9)4-7/h2-4H,8H2,1H3. The van der Waals surface area contributed by atoms with Gasteiger partial charge in [-0.25, -0.2) is 0 Å². The summed E-state index contributed by atoms with van der Waals surface area (Å²) in [6, 6.07) is 5.97. The van der Waals surface area contributed by atoms with E-state index in [1.54, 1.807) is 7.11 Å². The Morgan fingerprint density at radius 3 is 2.60 bits per heavy atom. The molecule has 0 spiro atoms. The number of halogens is 1. The predicted molar refractivity (Wildman–Crippen MR) is 48.9 cm³/mol. The van der Waals surface area contributed by atoms with E-state index < -0.39 is 0 Å². The van der Waals surface area contributed by atoms with Crippen molar-refractivity contribution in [3.8, 4) is 5.75 Å². The fraction of sp³-hybridized carbons (Fsp3) is 0.143. The van der Waals surface area contributed by atoms with Crippen molar-refractivity contribution < 1.29 is 4.74 Å². The summed E-state index contributed by atoms with van der Waals surface area (Å²) in [6.07, 6.45) is 0. The van der Waals surface area contributed by atoms with Crippen LogP contribution in [-0.2, 0) is 0 Å². The SMILES string of the molecule is Bc1cc(Br)cc(OC)c1. The molecule has 0 atom stereocenters. The molecule has 3 heteroatoms. The van der Waals surface area contributed by atoms with Gasteiger partial charge in [-0.05, 0) is 12.1 Å². The molecule has 0 saturated carbocycles. The summed E-state index contributed by atoms with van der Waals surface area (Å²) in [6.45, 7) is 0. The van der Waals surface area contributed by atoms with Gasteiger partial charge in [0.15, 0.2) is 0 Å². The number of ether oxygens (including phenoxy) is 1. The van der Waals surface area contributed by atoms with Crippen molar-refractivity contribution in [1.29, 1.82) is 0 Å². The molecule has 0 aliphatic heterocycles. The second-order valence-electron chi connectivity index (χ2n) is 2.17. The van der Waals surface area contributed by atoms with Crippen LogP contribution in [0.4, 0.5) is 0 Å². The minimum absolute atomic E-state index is 0.895. The number of methoxy groups -OCH3 is 1. The summed E-state index contributed by atoms with van der Waals surface area (Å²) in [7, 11) is 3.70. The Labute approximate surface area is 69.9 Å². The van der Waals surface area contributed by atoms with Crippen LogP contribution in [0.5, 0.6) is 5.75 Å². The van der Waals surface area contributed by atoms with E-state index in [1.165, 1.54) is 5.46 Å². The summed E-state index contributed by atoms with van der Waals surface area (Å²) in [5.74, 6) is 0.895. The second-order valence-corrected chi connectivity index (χ2v) is 3.08. The van der Waals surface area contributed by atoms with E-state index in [9.17, 15) is 0 Å². The van der Waals surface area contributed by atoms with E-state index in [0.29, 0.717) is 0 Å². The maximum atomic E-state index is 5.05.